The maximum absolute atomic E-state index is 12.2. The summed E-state index contributed by atoms with van der Waals surface area (Å²) in [5.41, 5.74) is 1.17. The van der Waals surface area contributed by atoms with Crippen LogP contribution < -0.4 is 10.9 Å². The molecule has 1 amide bonds. The number of hydrogen-bond donors (Lipinski definition) is 1. The summed E-state index contributed by atoms with van der Waals surface area (Å²) in [7, 11) is 1.62. The second-order valence-corrected chi connectivity index (χ2v) is 7.33. The molecule has 1 N–H and O–H groups in total. The van der Waals surface area contributed by atoms with Crippen LogP contribution in [0.15, 0.2) is 39.6 Å². The summed E-state index contributed by atoms with van der Waals surface area (Å²) in [6.45, 7) is 0. The van der Waals surface area contributed by atoms with Crippen LogP contribution in [0.1, 0.15) is 5.56 Å². The van der Waals surface area contributed by atoms with E-state index >= 15 is 0 Å². The number of thioether (sulfide) groups is 1. The number of halogens is 1. The monoisotopic (exact) mass is 390 g/mol. The number of anilines is 1. The zero-order valence-corrected chi connectivity index (χ0v) is 15.3. The predicted molar refractivity (Wildman–Crippen MR) is 100 cm³/mol. The normalized spacial score (nSPS) is 10.6. The van der Waals surface area contributed by atoms with Crippen molar-refractivity contribution in [3.8, 4) is 6.07 Å². The SMILES string of the molecule is Cn1c(SCC(=O)Nc2cc(Cl)ccc2C#N)nc2ccsc2c1=O. The molecule has 2 heterocycles. The van der Waals surface area contributed by atoms with Crippen LogP contribution in [0.3, 0.4) is 0 Å². The van der Waals surface area contributed by atoms with E-state index in [1.807, 2.05) is 11.4 Å². The lowest BCUT2D eigenvalue weighted by Gasteiger charge is -2.09. The molecule has 3 aromatic rings. The number of aromatic nitrogens is 2. The lowest BCUT2D eigenvalue weighted by atomic mass is 10.2. The molecule has 0 bridgehead atoms. The number of fused-ring (bicyclic) bond motifs is 1. The smallest absolute Gasteiger partial charge is 0.271 e. The molecule has 0 spiro atoms. The van der Waals surface area contributed by atoms with E-state index in [-0.39, 0.29) is 17.2 Å². The van der Waals surface area contributed by atoms with Gasteiger partial charge in [-0.25, -0.2) is 4.98 Å². The number of nitriles is 1. The van der Waals surface area contributed by atoms with Gasteiger partial charge >= 0.3 is 0 Å². The van der Waals surface area contributed by atoms with Crippen molar-refractivity contribution in [2.75, 3.05) is 11.1 Å². The number of hydrogen-bond acceptors (Lipinski definition) is 6. The van der Waals surface area contributed by atoms with E-state index in [4.69, 9.17) is 16.9 Å². The van der Waals surface area contributed by atoms with E-state index in [1.54, 1.807) is 25.2 Å². The largest absolute Gasteiger partial charge is 0.324 e. The van der Waals surface area contributed by atoms with Crippen molar-refractivity contribution >= 4 is 56.5 Å². The predicted octanol–water partition coefficient (Wildman–Crippen LogP) is 3.25. The maximum Gasteiger partial charge on any atom is 0.271 e. The van der Waals surface area contributed by atoms with Gasteiger partial charge in [-0.1, -0.05) is 23.4 Å². The molecule has 0 aliphatic carbocycles. The van der Waals surface area contributed by atoms with Gasteiger partial charge in [0.2, 0.25) is 5.91 Å². The van der Waals surface area contributed by atoms with Crippen molar-refractivity contribution < 1.29 is 4.79 Å². The fourth-order valence-electron chi connectivity index (χ4n) is 2.13. The molecule has 0 saturated carbocycles. The average Bonchev–Trinajstić information content (AvgIpc) is 3.05. The van der Waals surface area contributed by atoms with Crippen molar-refractivity contribution in [2.45, 2.75) is 5.16 Å². The van der Waals surface area contributed by atoms with Gasteiger partial charge in [0.25, 0.3) is 5.56 Å². The van der Waals surface area contributed by atoms with Crippen LogP contribution in [0.2, 0.25) is 5.02 Å². The topological polar surface area (TPSA) is 87.8 Å². The molecular weight excluding hydrogens is 380 g/mol. The third kappa shape index (κ3) is 3.69. The van der Waals surface area contributed by atoms with Gasteiger partial charge in [-0.05, 0) is 29.6 Å². The molecule has 6 nitrogen and oxygen atoms in total. The van der Waals surface area contributed by atoms with Gasteiger partial charge in [-0.2, -0.15) is 5.26 Å². The zero-order valence-electron chi connectivity index (χ0n) is 12.9. The molecule has 0 aliphatic rings. The van der Waals surface area contributed by atoms with Gasteiger partial charge < -0.3 is 5.32 Å². The van der Waals surface area contributed by atoms with Gasteiger partial charge in [0.15, 0.2) is 5.16 Å². The van der Waals surface area contributed by atoms with Crippen molar-refractivity contribution in [1.82, 2.24) is 9.55 Å². The van der Waals surface area contributed by atoms with Gasteiger partial charge in [-0.3, -0.25) is 14.2 Å². The molecule has 3 rings (SSSR count). The maximum atomic E-state index is 12.2. The summed E-state index contributed by atoms with van der Waals surface area (Å²) < 4.78 is 2.02. The molecule has 25 heavy (non-hydrogen) atoms. The van der Waals surface area contributed by atoms with Crippen molar-refractivity contribution in [2.24, 2.45) is 7.05 Å². The van der Waals surface area contributed by atoms with Crippen molar-refractivity contribution in [1.29, 1.82) is 5.26 Å². The van der Waals surface area contributed by atoms with E-state index < -0.39 is 0 Å². The molecule has 0 atom stereocenters. The minimum absolute atomic E-state index is 0.0489. The number of rotatable bonds is 4. The summed E-state index contributed by atoms with van der Waals surface area (Å²) in [6, 6.07) is 8.42. The number of carbonyl (C=O) groups excluding carboxylic acids is 1. The second kappa shape index (κ2) is 7.27. The van der Waals surface area contributed by atoms with Crippen LogP contribution in [-0.2, 0) is 11.8 Å². The third-order valence-electron chi connectivity index (χ3n) is 3.35. The Balaban J connectivity index is 1.75. The first kappa shape index (κ1) is 17.5. The first-order valence-corrected chi connectivity index (χ1v) is 9.30. The van der Waals surface area contributed by atoms with Gasteiger partial charge in [-0.15, -0.1) is 11.3 Å². The molecule has 0 radical (unpaired) electrons. The Bertz CT molecular complexity index is 1070. The average molecular weight is 391 g/mol. The molecule has 126 valence electrons. The summed E-state index contributed by atoms with van der Waals surface area (Å²) in [5, 5.41) is 14.4. The number of nitrogens with one attached hydrogen (secondary N) is 1. The number of thiophene rings is 1. The first-order valence-electron chi connectivity index (χ1n) is 7.06. The van der Waals surface area contributed by atoms with Crippen LogP contribution in [-0.4, -0.2) is 21.2 Å². The highest BCUT2D eigenvalue weighted by Gasteiger charge is 2.13. The Kier molecular flexibility index (Phi) is 5.08. The highest BCUT2D eigenvalue weighted by molar-refractivity contribution is 7.99. The number of carbonyl (C=O) groups is 1. The Morgan fingerprint density at radius 3 is 3.04 bits per heavy atom. The van der Waals surface area contributed by atoms with Crippen LogP contribution in [0.5, 0.6) is 0 Å². The van der Waals surface area contributed by atoms with E-state index in [0.29, 0.717) is 31.6 Å². The number of nitrogens with zero attached hydrogens (tertiary/aromatic N) is 3. The summed E-state index contributed by atoms with van der Waals surface area (Å²) in [4.78, 5) is 28.8. The lowest BCUT2D eigenvalue weighted by Crippen LogP contribution is -2.20. The molecular formula is C16H11ClN4O2S2. The van der Waals surface area contributed by atoms with Gasteiger partial charge in [0.1, 0.15) is 10.8 Å². The molecule has 1 aromatic carbocycles. The highest BCUT2D eigenvalue weighted by atomic mass is 35.5. The molecule has 0 saturated heterocycles. The second-order valence-electron chi connectivity index (χ2n) is 5.03. The number of benzene rings is 1. The molecule has 2 aromatic heterocycles. The fourth-order valence-corrected chi connectivity index (χ4v) is 3.88. The fraction of sp³-hybridized carbons (Fsp3) is 0.125. The summed E-state index contributed by atoms with van der Waals surface area (Å²) in [5.74, 6) is -0.267. The Labute approximate surface area is 156 Å². The zero-order chi connectivity index (χ0) is 18.0. The molecule has 0 fully saturated rings. The Morgan fingerprint density at radius 1 is 1.48 bits per heavy atom. The minimum Gasteiger partial charge on any atom is -0.324 e. The van der Waals surface area contributed by atoms with Gasteiger partial charge in [0.05, 0.1) is 22.5 Å². The van der Waals surface area contributed by atoms with E-state index in [9.17, 15) is 9.59 Å². The van der Waals surface area contributed by atoms with Crippen molar-refractivity contribution in [3.63, 3.8) is 0 Å². The lowest BCUT2D eigenvalue weighted by molar-refractivity contribution is -0.113. The van der Waals surface area contributed by atoms with Crippen LogP contribution in [0, 0.1) is 11.3 Å². The van der Waals surface area contributed by atoms with Gasteiger partial charge in [0, 0.05) is 12.1 Å². The molecule has 9 heteroatoms. The Morgan fingerprint density at radius 2 is 2.28 bits per heavy atom. The molecule has 0 unspecified atom stereocenters. The number of amides is 1. The highest BCUT2D eigenvalue weighted by Crippen LogP contribution is 2.22. The van der Waals surface area contributed by atoms with Crippen LogP contribution in [0.4, 0.5) is 5.69 Å². The van der Waals surface area contributed by atoms with Crippen LogP contribution in [0.25, 0.3) is 10.2 Å². The van der Waals surface area contributed by atoms with E-state index in [0.717, 1.165) is 11.8 Å². The first-order chi connectivity index (χ1) is 12.0. The standard InChI is InChI=1S/C16H11ClN4O2S2/c1-21-15(23)14-11(4-5-24-14)20-16(21)25-8-13(22)19-12-6-10(17)3-2-9(12)7-18/h2-6H,8H2,1H3,(H,19,22). The minimum atomic E-state index is -0.316. The van der Waals surface area contributed by atoms with Crippen molar-refractivity contribution in [3.05, 3.63) is 50.6 Å². The van der Waals surface area contributed by atoms with Crippen LogP contribution >= 0.6 is 34.7 Å². The van der Waals surface area contributed by atoms with E-state index in [1.165, 1.54) is 22.0 Å². The molecule has 0 aliphatic heterocycles. The quantitative estimate of drug-likeness (QED) is 0.545. The summed E-state index contributed by atoms with van der Waals surface area (Å²) >= 11 is 8.39. The third-order valence-corrected chi connectivity index (χ3v) is 5.51. The van der Waals surface area contributed by atoms with E-state index in [2.05, 4.69) is 10.3 Å². The Hall–Kier alpha value is -2.34. The summed E-state index contributed by atoms with van der Waals surface area (Å²) in [6.07, 6.45) is 0.